The Kier molecular flexibility index (Phi) is 31.5. The van der Waals surface area contributed by atoms with E-state index in [0.717, 1.165) is 205 Å². The van der Waals surface area contributed by atoms with Gasteiger partial charge in [0.05, 0.1) is 0 Å². The van der Waals surface area contributed by atoms with Gasteiger partial charge in [0.25, 0.3) is 0 Å². The molecule has 22 bridgehead atoms. The van der Waals surface area contributed by atoms with E-state index < -0.39 is 0 Å². The first-order chi connectivity index (χ1) is 55.6. The fourth-order valence-corrected chi connectivity index (χ4v) is 36.6. The highest BCUT2D eigenvalue weighted by Crippen LogP contribution is 2.65. The van der Waals surface area contributed by atoms with Crippen molar-refractivity contribution in [3.63, 3.8) is 0 Å². The van der Waals surface area contributed by atoms with Crippen molar-refractivity contribution in [2.24, 2.45) is 221 Å². The lowest BCUT2D eigenvalue weighted by molar-refractivity contribution is -0.0545. The molecule has 30 aliphatic carbocycles. The van der Waals surface area contributed by atoms with Crippen LogP contribution in [-0.4, -0.2) is 0 Å². The van der Waals surface area contributed by atoms with Crippen LogP contribution in [0.2, 0.25) is 0 Å². The molecule has 0 aromatic heterocycles. The monoisotopic (exact) mass is 1610 g/mol. The molecule has 0 heteroatoms. The second kappa shape index (κ2) is 39.5. The van der Waals surface area contributed by atoms with Crippen molar-refractivity contribution in [1.29, 1.82) is 0 Å². The molecule has 0 nitrogen and oxygen atoms in total. The Bertz CT molecular complexity index is 2790. The van der Waals surface area contributed by atoms with Crippen LogP contribution in [0.3, 0.4) is 0 Å². The molecule has 0 aromatic carbocycles. The van der Waals surface area contributed by atoms with E-state index in [0.29, 0.717) is 16.2 Å². The van der Waals surface area contributed by atoms with Gasteiger partial charge >= 0.3 is 0 Å². The van der Waals surface area contributed by atoms with Crippen LogP contribution < -0.4 is 0 Å². The van der Waals surface area contributed by atoms with E-state index in [-0.39, 0.29) is 0 Å². The molecular weight excluding hydrogens is 1410 g/mol. The molecular formula is C117H208. The normalized spacial score (nSPS) is 48.7. The third-order valence-electron chi connectivity index (χ3n) is 46.5. The Labute approximate surface area is 733 Å². The molecule has 0 saturated heterocycles. The Morgan fingerprint density at radius 1 is 0.256 bits per heavy atom. The lowest BCUT2D eigenvalue weighted by Crippen LogP contribution is -2.45. The Morgan fingerprint density at radius 2 is 0.650 bits per heavy atom. The van der Waals surface area contributed by atoms with Gasteiger partial charge in [-0.2, -0.15) is 0 Å². The van der Waals surface area contributed by atoms with Gasteiger partial charge in [-0.15, -0.1) is 0 Å². The van der Waals surface area contributed by atoms with E-state index in [1.54, 1.807) is 167 Å². The molecule has 9 unspecified atom stereocenters. The maximum absolute atomic E-state index is 2.54. The van der Waals surface area contributed by atoms with Gasteiger partial charge in [0.1, 0.15) is 0 Å². The summed E-state index contributed by atoms with van der Waals surface area (Å²) in [6.07, 6.45) is 90.9. The highest BCUT2D eigenvalue weighted by molar-refractivity contribution is 5.05. The van der Waals surface area contributed by atoms with Crippen molar-refractivity contribution in [2.45, 2.75) is 517 Å². The lowest BCUT2D eigenvalue weighted by Gasteiger charge is -2.56. The van der Waals surface area contributed by atoms with Crippen molar-refractivity contribution >= 4 is 0 Å². The van der Waals surface area contributed by atoms with E-state index in [9.17, 15) is 0 Å². The molecule has 0 heterocycles. The first kappa shape index (κ1) is 93.2. The van der Waals surface area contributed by atoms with Crippen molar-refractivity contribution in [3.05, 3.63) is 0 Å². The van der Waals surface area contributed by atoms with Crippen LogP contribution in [0.25, 0.3) is 0 Å². The summed E-state index contributed by atoms with van der Waals surface area (Å²) in [7, 11) is 0. The molecule has 30 saturated carbocycles. The van der Waals surface area contributed by atoms with Gasteiger partial charge in [0.15, 0.2) is 0 Å². The highest BCUT2D eigenvalue weighted by Gasteiger charge is 2.54. The van der Waals surface area contributed by atoms with Gasteiger partial charge in [-0.05, 0) is 523 Å². The summed E-state index contributed by atoms with van der Waals surface area (Å²) in [5, 5.41) is 0. The zero-order valence-electron chi connectivity index (χ0n) is 83.0. The van der Waals surface area contributed by atoms with Crippen LogP contribution in [0, 0.1) is 221 Å². The van der Waals surface area contributed by atoms with Gasteiger partial charge < -0.3 is 0 Å². The van der Waals surface area contributed by atoms with Crippen LogP contribution >= 0.6 is 0 Å². The fourth-order valence-electron chi connectivity index (χ4n) is 36.6. The van der Waals surface area contributed by atoms with Crippen molar-refractivity contribution < 1.29 is 0 Å². The van der Waals surface area contributed by atoms with Crippen LogP contribution in [0.15, 0.2) is 0 Å². The first-order valence-electron chi connectivity index (χ1n) is 55.6. The molecule has 0 amide bonds. The summed E-state index contributed by atoms with van der Waals surface area (Å²) in [6, 6.07) is 0. The van der Waals surface area contributed by atoms with Gasteiger partial charge in [0, 0.05) is 0 Å². The van der Waals surface area contributed by atoms with Crippen LogP contribution in [0.1, 0.15) is 517 Å². The number of fused-ring (bicyclic) bond motifs is 18. The van der Waals surface area contributed by atoms with E-state index in [1.165, 1.54) is 212 Å². The Hall–Kier alpha value is 0. The summed E-state index contributed by atoms with van der Waals surface area (Å²) >= 11 is 0. The summed E-state index contributed by atoms with van der Waals surface area (Å²) in [4.78, 5) is 0. The lowest BCUT2D eigenvalue weighted by atomic mass is 9.49. The van der Waals surface area contributed by atoms with E-state index in [2.05, 4.69) is 138 Å². The van der Waals surface area contributed by atoms with Crippen molar-refractivity contribution in [2.75, 3.05) is 0 Å². The molecule has 30 fully saturated rings. The molecule has 30 rings (SSSR count). The van der Waals surface area contributed by atoms with Gasteiger partial charge in [-0.25, -0.2) is 0 Å². The third kappa shape index (κ3) is 22.6. The summed E-state index contributed by atoms with van der Waals surface area (Å²) in [6.45, 7) is 49.0. The average molecular weight is 1610 g/mol. The molecule has 15 atom stereocenters. The maximum Gasteiger partial charge on any atom is -0.0292 e. The first-order valence-corrected chi connectivity index (χ1v) is 55.6. The molecule has 30 aliphatic rings. The predicted octanol–water partition coefficient (Wildman–Crippen LogP) is 37.0. The van der Waals surface area contributed by atoms with E-state index in [1.807, 2.05) is 0 Å². The topological polar surface area (TPSA) is 0 Å². The van der Waals surface area contributed by atoms with E-state index >= 15 is 0 Å². The SMILES string of the molecule is CC12CC3CC(CC(C3)C1)C2.CC1C2CCC(C2)[C@H]1C.CC1C2CCC(CC2)[C@H]1C.CC1CCC2(CC1)CCC(C)(C)CC2.CC1CCC2(CCCCC2)CC1.CCC12CC3CC(CC(C3)C1)C2.CCC1CC2CCC1C2.C[C@@H]1C2CCC(C2)C1(C)C.C[C@@H]1C2CCC(CC2)C1(C)C.C[C@H]1CC2CCC1(C)CC2.C[C@H]1CC2CCC1CC2. The summed E-state index contributed by atoms with van der Waals surface area (Å²) in [5.74, 6) is 32.6. The van der Waals surface area contributed by atoms with Crippen LogP contribution in [0.4, 0.5) is 0 Å². The van der Waals surface area contributed by atoms with Gasteiger partial charge in [-0.1, -0.05) is 216 Å². The molecule has 2 spiro atoms. The predicted molar refractivity (Wildman–Crippen MR) is 510 cm³/mol. The highest BCUT2D eigenvalue weighted by atomic mass is 14.6. The van der Waals surface area contributed by atoms with Crippen molar-refractivity contribution in [1.82, 2.24) is 0 Å². The number of hydrogen-bond donors (Lipinski definition) is 0. The average Bonchev–Trinajstić information content (AvgIpc) is 1.72. The van der Waals surface area contributed by atoms with Crippen molar-refractivity contribution in [3.8, 4) is 0 Å². The molecule has 0 aliphatic heterocycles. The minimum atomic E-state index is 0.647. The van der Waals surface area contributed by atoms with Crippen LogP contribution in [-0.2, 0) is 0 Å². The minimum absolute atomic E-state index is 0.647. The largest absolute Gasteiger partial charge is 0.0651 e. The number of rotatable bonds is 2. The molecule has 0 aromatic rings. The maximum atomic E-state index is 2.54. The minimum Gasteiger partial charge on any atom is -0.0651 e. The summed E-state index contributed by atoms with van der Waals surface area (Å²) < 4.78 is 0. The summed E-state index contributed by atoms with van der Waals surface area (Å²) in [5.41, 5.74) is 5.99. The Morgan fingerprint density at radius 3 is 0.949 bits per heavy atom. The quantitative estimate of drug-likeness (QED) is 0.259. The smallest absolute Gasteiger partial charge is 0.0292 e. The second-order valence-corrected chi connectivity index (χ2v) is 54.7. The third-order valence-corrected chi connectivity index (χ3v) is 46.5. The van der Waals surface area contributed by atoms with E-state index in [4.69, 9.17) is 0 Å². The zero-order chi connectivity index (χ0) is 83.0. The molecule has 0 radical (unpaired) electrons. The van der Waals surface area contributed by atoms with Crippen LogP contribution in [0.5, 0.6) is 0 Å². The standard InChI is InChI=1S/C14H26.C12H20.C12H22.C11H18.C11H20.3C10H18.3C9H16/c1-12-4-6-14(7-5-12)10-8-13(2,3)9-11-14;1-2-12-6-9-3-10(7-12)5-11(4-9)8-12;1-11-5-9-12(10-6-11)7-3-2-4-8-12;1-11-5-8-2-9(6-11)4-10(3-8)7-11;1-8-9-4-6-10(7-5-9)11(8,2)3;1-7-8-4-5-9(6-8)10(7,2)3;1-8-7-9-3-5-10(8,2)6-4-9;1-7-8(2)10-5-3-9(7)4-6-10;1-6-7(2)9-4-3-8(6)5-9;1-7-6-8-2-4-9(7)5-3-8;1-2-8-5-7-3-4-9(8)6-7/h12H,4-11H2,1-3H3;9-11H,2-8H2,1H3;11H,2-10H2,1H3;8-10H,2-7H2,1H3;8-10H,4-7H2,1-3H3;7-9H,4-6H2,1-3H3;8-9H,3-7H2,1-2H3;7-10H,3-6H2,1-2H3;6-9H,3-5H2,1-2H3;2*7-9H,2-6H2,1H3/t;;;;8-,9?,10?;7-,8?,9?;8-,9?,10?;7-,8?,9?,10?;6-,7?,8?,9?;7-,8?,9?;/m....110000./s1. The zero-order valence-corrected chi connectivity index (χ0v) is 83.0. The molecule has 676 valence electrons. The van der Waals surface area contributed by atoms with Gasteiger partial charge in [-0.3, -0.25) is 0 Å². The molecule has 117 heavy (non-hydrogen) atoms. The van der Waals surface area contributed by atoms with Gasteiger partial charge in [0.2, 0.25) is 0 Å². The number of hydrogen-bond acceptors (Lipinski definition) is 0. The second-order valence-electron chi connectivity index (χ2n) is 54.7. The Balaban J connectivity index is 0.000000106. The fraction of sp³-hybridized carbons (Fsp3) is 1.00. The molecule has 0 N–H and O–H groups in total.